The smallest absolute Gasteiger partial charge is 0.416 e. The van der Waals surface area contributed by atoms with E-state index in [0.29, 0.717) is 21.5 Å². The van der Waals surface area contributed by atoms with Crippen LogP contribution in [-0.4, -0.2) is 26.5 Å². The number of aromatic amines is 1. The second-order valence-electron chi connectivity index (χ2n) is 9.43. The number of nitrogen functional groups attached to an aromatic ring is 1. The molecule has 1 saturated carbocycles. The molecule has 1 aliphatic carbocycles. The standard InChI is InChI=1S/C27H24ClF3IN5O2/c1-39-22-10-14(2-9-21(22)36-26(38)18-11-15(27(29,30)31)3-8-20(18)28)19-12-37(17-6-4-16(32)5-7-17)25-23(19)24(33)34-13-35-25/h2-3,8-13,16-17H,4-7H2,1H3,(H,36,38)(H2,33,34,35)/p+1. The number of benzene rings is 2. The molecule has 0 saturated heterocycles. The van der Waals surface area contributed by atoms with Gasteiger partial charge in [-0.2, -0.15) is 13.2 Å². The number of nitrogens with zero attached hydrogens (tertiary/aromatic N) is 2. The molecule has 2 aromatic heterocycles. The maximum Gasteiger partial charge on any atom is 0.416 e. The first-order chi connectivity index (χ1) is 18.6. The molecule has 0 aliphatic heterocycles. The topological polar surface area (TPSA) is 96.3 Å². The number of hydrogen-bond donors (Lipinski definition) is 2. The molecule has 204 valence electrons. The third kappa shape index (κ3) is 5.51. The summed E-state index contributed by atoms with van der Waals surface area (Å²) in [5, 5.41) is 3.30. The lowest BCUT2D eigenvalue weighted by Gasteiger charge is -2.24. The Morgan fingerprint density at radius 1 is 1.21 bits per heavy atom. The highest BCUT2D eigenvalue weighted by molar-refractivity contribution is 14.1. The Labute approximate surface area is 241 Å². The highest BCUT2D eigenvalue weighted by Crippen LogP contribution is 2.40. The highest BCUT2D eigenvalue weighted by atomic mass is 127. The van der Waals surface area contributed by atoms with Gasteiger partial charge in [-0.25, -0.2) is 4.98 Å². The molecule has 4 N–H and O–H groups in total. The van der Waals surface area contributed by atoms with Crippen molar-refractivity contribution in [2.45, 2.75) is 41.8 Å². The molecule has 0 radical (unpaired) electrons. The number of rotatable bonds is 5. The summed E-state index contributed by atoms with van der Waals surface area (Å²) < 4.78 is 48.0. The van der Waals surface area contributed by atoms with Crippen molar-refractivity contribution in [1.82, 2.24) is 9.55 Å². The Hall–Kier alpha value is -3.06. The van der Waals surface area contributed by atoms with Crippen molar-refractivity contribution in [3.8, 4) is 16.9 Å². The van der Waals surface area contributed by atoms with Crippen molar-refractivity contribution in [2.75, 3.05) is 18.2 Å². The molecule has 1 fully saturated rings. The van der Waals surface area contributed by atoms with Crippen LogP contribution in [0.4, 0.5) is 24.7 Å². The number of amides is 1. The van der Waals surface area contributed by atoms with Crippen molar-refractivity contribution in [2.24, 2.45) is 0 Å². The summed E-state index contributed by atoms with van der Waals surface area (Å²) in [7, 11) is 1.45. The van der Waals surface area contributed by atoms with Crippen molar-refractivity contribution in [3.63, 3.8) is 0 Å². The second-order valence-corrected chi connectivity index (χ2v) is 11.6. The van der Waals surface area contributed by atoms with Gasteiger partial charge < -0.3 is 15.8 Å². The molecule has 4 aromatic rings. The third-order valence-electron chi connectivity index (χ3n) is 7.01. The van der Waals surface area contributed by atoms with Gasteiger partial charge in [-0.1, -0.05) is 45.2 Å². The summed E-state index contributed by atoms with van der Waals surface area (Å²) in [6.07, 6.45) is 3.42. The molecule has 0 spiro atoms. The minimum absolute atomic E-state index is 0.0975. The van der Waals surface area contributed by atoms with Crippen LogP contribution in [0.5, 0.6) is 5.75 Å². The van der Waals surface area contributed by atoms with Gasteiger partial charge in [0.15, 0.2) is 0 Å². The van der Waals surface area contributed by atoms with E-state index < -0.39 is 17.6 Å². The predicted molar refractivity (Wildman–Crippen MR) is 152 cm³/mol. The Bertz CT molecular complexity index is 1550. The van der Waals surface area contributed by atoms with Gasteiger partial charge in [-0.05, 0) is 61.6 Å². The van der Waals surface area contributed by atoms with Crippen LogP contribution in [0, 0.1) is 0 Å². The third-order valence-corrected chi connectivity index (χ3v) is 8.59. The number of fused-ring (bicyclic) bond motifs is 1. The number of carbonyl (C=O) groups excluding carboxylic acids is 1. The highest BCUT2D eigenvalue weighted by Gasteiger charge is 2.32. The lowest BCUT2D eigenvalue weighted by Crippen LogP contribution is -2.20. The molecular weight excluding hydrogens is 646 g/mol. The van der Waals surface area contributed by atoms with Crippen LogP contribution in [0.3, 0.4) is 0 Å². The fraction of sp³-hybridized carbons (Fsp3) is 0.296. The molecule has 1 aliphatic rings. The molecule has 5 rings (SSSR count). The summed E-state index contributed by atoms with van der Waals surface area (Å²) in [6.45, 7) is 0. The first kappa shape index (κ1) is 27.5. The molecular formula is C27H25ClF3IN5O2+. The van der Waals surface area contributed by atoms with E-state index in [1.54, 1.807) is 24.5 Å². The van der Waals surface area contributed by atoms with Gasteiger partial charge in [0.25, 0.3) is 5.91 Å². The molecule has 2 heterocycles. The van der Waals surface area contributed by atoms with Gasteiger partial charge in [-0.15, -0.1) is 0 Å². The van der Waals surface area contributed by atoms with E-state index in [2.05, 4.69) is 48.6 Å². The quantitative estimate of drug-likeness (QED) is 0.178. The zero-order chi connectivity index (χ0) is 27.9. The molecule has 0 atom stereocenters. The van der Waals surface area contributed by atoms with Crippen LogP contribution in [-0.2, 0) is 6.18 Å². The number of halogens is 5. The number of ether oxygens (including phenoxy) is 1. The monoisotopic (exact) mass is 670 g/mol. The number of carbonyl (C=O) groups is 1. The number of aromatic nitrogens is 3. The minimum Gasteiger partial charge on any atom is -0.495 e. The molecule has 0 bridgehead atoms. The van der Waals surface area contributed by atoms with Crippen LogP contribution in [0.15, 0.2) is 48.9 Å². The fourth-order valence-corrected chi connectivity index (χ4v) is 5.93. The zero-order valence-electron chi connectivity index (χ0n) is 20.8. The van der Waals surface area contributed by atoms with Crippen LogP contribution >= 0.6 is 34.2 Å². The van der Waals surface area contributed by atoms with Gasteiger partial charge in [-0.3, -0.25) is 9.36 Å². The van der Waals surface area contributed by atoms with E-state index in [-0.39, 0.29) is 16.3 Å². The molecule has 12 heteroatoms. The number of alkyl halides is 4. The number of nitrogens with one attached hydrogen (secondary N) is 2. The van der Waals surface area contributed by atoms with Crippen LogP contribution in [0.2, 0.25) is 5.02 Å². The normalized spacial score (nSPS) is 17.8. The summed E-state index contributed by atoms with van der Waals surface area (Å²) >= 11 is 8.55. The Morgan fingerprint density at radius 3 is 2.64 bits per heavy atom. The molecule has 1 amide bonds. The van der Waals surface area contributed by atoms with Crippen molar-refractivity contribution in [3.05, 3.63) is 65.1 Å². The van der Waals surface area contributed by atoms with Gasteiger partial charge >= 0.3 is 6.18 Å². The minimum atomic E-state index is -4.61. The first-order valence-corrected chi connectivity index (χ1v) is 13.9. The summed E-state index contributed by atoms with van der Waals surface area (Å²) in [5.74, 6) is -0.0833. The number of anilines is 2. The van der Waals surface area contributed by atoms with Crippen LogP contribution in [0.1, 0.15) is 47.6 Å². The molecule has 7 nitrogen and oxygen atoms in total. The number of H-pyrrole nitrogens is 1. The average Bonchev–Trinajstić information content (AvgIpc) is 3.30. The Kier molecular flexibility index (Phi) is 7.64. The zero-order valence-corrected chi connectivity index (χ0v) is 23.7. The SMILES string of the molecule is COc1cc(-c2cn(C3CCC(I)CC3)c3[nH+]cnc(N)c23)ccc1NC(=O)c1cc(C(F)(F)F)ccc1Cl. The van der Waals surface area contributed by atoms with E-state index in [1.165, 1.54) is 7.11 Å². The lowest BCUT2D eigenvalue weighted by molar-refractivity contribution is -0.354. The van der Waals surface area contributed by atoms with Gasteiger partial charge in [0, 0.05) is 9.49 Å². The van der Waals surface area contributed by atoms with Gasteiger partial charge in [0.2, 0.25) is 17.8 Å². The summed E-state index contributed by atoms with van der Waals surface area (Å²) in [5.41, 5.74) is 7.84. The predicted octanol–water partition coefficient (Wildman–Crippen LogP) is 6.95. The summed E-state index contributed by atoms with van der Waals surface area (Å²) in [6, 6.07) is 8.10. The first-order valence-electron chi connectivity index (χ1n) is 12.2. The van der Waals surface area contributed by atoms with E-state index >= 15 is 0 Å². The Balaban J connectivity index is 1.50. The second kappa shape index (κ2) is 10.8. The van der Waals surface area contributed by atoms with E-state index in [9.17, 15) is 18.0 Å². The molecule has 39 heavy (non-hydrogen) atoms. The van der Waals surface area contributed by atoms with Gasteiger partial charge in [0.05, 0.1) is 41.2 Å². The van der Waals surface area contributed by atoms with Crippen molar-refractivity contribution in [1.29, 1.82) is 0 Å². The lowest BCUT2D eigenvalue weighted by atomic mass is 9.95. The average molecular weight is 671 g/mol. The number of nitrogens with two attached hydrogens (primary N) is 1. The largest absolute Gasteiger partial charge is 0.495 e. The van der Waals surface area contributed by atoms with Crippen molar-refractivity contribution < 1.29 is 27.7 Å². The fourth-order valence-electron chi connectivity index (χ4n) is 5.01. The number of methoxy groups -OCH3 is 1. The van der Waals surface area contributed by atoms with Crippen LogP contribution in [0.25, 0.3) is 22.2 Å². The van der Waals surface area contributed by atoms with Crippen molar-refractivity contribution >= 4 is 62.6 Å². The number of hydrogen-bond acceptors (Lipinski definition) is 4. The maximum absolute atomic E-state index is 13.2. The molecule has 0 unspecified atom stereocenters. The van der Waals surface area contributed by atoms with E-state index in [4.69, 9.17) is 22.1 Å². The van der Waals surface area contributed by atoms with Gasteiger partial charge in [0.1, 0.15) is 11.1 Å². The molecule has 2 aromatic carbocycles. The maximum atomic E-state index is 13.2. The summed E-state index contributed by atoms with van der Waals surface area (Å²) in [4.78, 5) is 20.4. The van der Waals surface area contributed by atoms with Crippen LogP contribution < -0.4 is 20.8 Å². The van der Waals surface area contributed by atoms with E-state index in [0.717, 1.165) is 66.0 Å². The Morgan fingerprint density at radius 2 is 1.95 bits per heavy atom. The van der Waals surface area contributed by atoms with E-state index in [1.807, 2.05) is 0 Å².